The number of hydrogen-bond donors (Lipinski definition) is 0. The van der Waals surface area contributed by atoms with Gasteiger partial charge in [-0.15, -0.1) is 11.3 Å². The predicted molar refractivity (Wildman–Crippen MR) is 215 cm³/mol. The van der Waals surface area contributed by atoms with Crippen LogP contribution in [0, 0.1) is 0 Å². The number of thiophene rings is 1. The number of anilines is 3. The van der Waals surface area contributed by atoms with Gasteiger partial charge in [0.2, 0.25) is 0 Å². The van der Waals surface area contributed by atoms with E-state index in [-0.39, 0.29) is 5.41 Å². The van der Waals surface area contributed by atoms with E-state index in [1.165, 1.54) is 92.6 Å². The largest absolute Gasteiger partial charge is 0.310 e. The molecule has 0 N–H and O–H groups in total. The summed E-state index contributed by atoms with van der Waals surface area (Å²) in [6.07, 6.45) is 0. The Morgan fingerprint density at radius 1 is 0.392 bits per heavy atom. The van der Waals surface area contributed by atoms with Crippen LogP contribution in [0.5, 0.6) is 0 Å². The van der Waals surface area contributed by atoms with Crippen LogP contribution in [0.4, 0.5) is 17.1 Å². The Balaban J connectivity index is 1.03. The lowest BCUT2D eigenvalue weighted by atomic mass is 9.73. The molecule has 0 bridgehead atoms. The second-order valence-corrected chi connectivity index (χ2v) is 15.1. The molecule has 1 unspecified atom stereocenters. The summed E-state index contributed by atoms with van der Waals surface area (Å²) in [5.41, 5.74) is 19.7. The second kappa shape index (κ2) is 9.94. The first-order valence-electron chi connectivity index (χ1n) is 17.7. The van der Waals surface area contributed by atoms with Crippen molar-refractivity contribution >= 4 is 48.6 Å². The summed E-state index contributed by atoms with van der Waals surface area (Å²) in [5.74, 6) is 0. The fourth-order valence-corrected chi connectivity index (χ4v) is 10.8. The van der Waals surface area contributed by atoms with Gasteiger partial charge in [0.1, 0.15) is 0 Å². The summed E-state index contributed by atoms with van der Waals surface area (Å²) in [7, 11) is 0. The minimum absolute atomic E-state index is 0.272. The molecule has 51 heavy (non-hydrogen) atoms. The zero-order valence-electron chi connectivity index (χ0n) is 27.6. The third-order valence-corrected chi connectivity index (χ3v) is 12.7. The lowest BCUT2D eigenvalue weighted by Gasteiger charge is -2.28. The van der Waals surface area contributed by atoms with Crippen LogP contribution in [0.1, 0.15) is 22.3 Å². The van der Waals surface area contributed by atoms with Crippen molar-refractivity contribution in [1.29, 1.82) is 0 Å². The van der Waals surface area contributed by atoms with Crippen LogP contribution in [-0.4, -0.2) is 0 Å². The van der Waals surface area contributed by atoms with E-state index < -0.39 is 0 Å². The highest BCUT2D eigenvalue weighted by Crippen LogP contribution is 2.70. The molecule has 3 aliphatic rings. The number of para-hydroxylation sites is 1. The molecule has 1 aromatic heterocycles. The van der Waals surface area contributed by atoms with Crippen molar-refractivity contribution in [1.82, 2.24) is 0 Å². The minimum Gasteiger partial charge on any atom is -0.310 e. The number of rotatable bonds is 4. The summed E-state index contributed by atoms with van der Waals surface area (Å²) in [5, 5.41) is 2.60. The fraction of sp³-hybridized carbons (Fsp3) is 0.0204. The Kier molecular flexibility index (Phi) is 5.38. The SMILES string of the molecule is c1ccc(N(c2ccc(-c3ccc4c(c3)C35c6ccccc6-c6cccc(c63)-c3cccc-4c35)cc2)c2cccc3sc4ccccc4c23)cc1. The molecule has 1 atom stereocenters. The fourth-order valence-electron chi connectivity index (χ4n) is 9.68. The predicted octanol–water partition coefficient (Wildman–Crippen LogP) is 13.5. The highest BCUT2D eigenvalue weighted by Gasteiger charge is 2.57. The topological polar surface area (TPSA) is 3.24 Å². The maximum Gasteiger partial charge on any atom is 0.0737 e. The standard InChI is InChI=1S/C49H29NS/c1-2-11-32(12-3-1)50(43-20-10-22-45-46(43)40-14-5-7-21-44(40)51-45)33-26-23-30(24-27-33)31-25-28-35-37-16-9-18-39-38-17-8-15-36-34-13-4-6-19-41(34)49(47(36)38,48(37)39)42(35)29-31/h1-29H. The molecule has 236 valence electrons. The lowest BCUT2D eigenvalue weighted by molar-refractivity contribution is 0.818. The first-order valence-corrected chi connectivity index (χ1v) is 18.5. The summed E-state index contributed by atoms with van der Waals surface area (Å²) < 4.78 is 2.62. The van der Waals surface area contributed by atoms with Gasteiger partial charge in [0, 0.05) is 31.5 Å². The summed E-state index contributed by atoms with van der Waals surface area (Å²) >= 11 is 1.86. The van der Waals surface area contributed by atoms with Crippen LogP contribution >= 0.6 is 11.3 Å². The Bertz CT molecular complexity index is 2880. The molecule has 1 spiro atoms. The van der Waals surface area contributed by atoms with Crippen molar-refractivity contribution < 1.29 is 0 Å². The molecule has 0 radical (unpaired) electrons. The molecule has 0 aliphatic heterocycles. The van der Waals surface area contributed by atoms with Gasteiger partial charge in [-0.3, -0.25) is 0 Å². The molecule has 0 saturated heterocycles. The van der Waals surface area contributed by atoms with Gasteiger partial charge in [0.15, 0.2) is 0 Å². The molecular weight excluding hydrogens is 635 g/mol. The first kappa shape index (κ1) is 27.6. The van der Waals surface area contributed by atoms with Crippen LogP contribution in [0.25, 0.3) is 64.7 Å². The molecular formula is C49H29NS. The molecule has 12 rings (SSSR count). The van der Waals surface area contributed by atoms with E-state index in [0.717, 1.165) is 11.4 Å². The molecule has 9 aromatic rings. The van der Waals surface area contributed by atoms with Crippen molar-refractivity contribution in [2.24, 2.45) is 0 Å². The van der Waals surface area contributed by atoms with Crippen molar-refractivity contribution in [2.75, 3.05) is 4.90 Å². The minimum atomic E-state index is -0.272. The third kappa shape index (κ3) is 3.45. The summed E-state index contributed by atoms with van der Waals surface area (Å²) in [6, 6.07) is 65.6. The van der Waals surface area contributed by atoms with Gasteiger partial charge in [-0.25, -0.2) is 0 Å². The lowest BCUT2D eigenvalue weighted by Crippen LogP contribution is -2.23. The quantitative estimate of drug-likeness (QED) is 0.181. The molecule has 0 fully saturated rings. The molecule has 1 heterocycles. The average Bonchev–Trinajstić information content (AvgIpc) is 3.91. The van der Waals surface area contributed by atoms with Gasteiger partial charge in [-0.1, -0.05) is 127 Å². The van der Waals surface area contributed by atoms with E-state index in [0.29, 0.717) is 0 Å². The maximum absolute atomic E-state index is 2.50. The van der Waals surface area contributed by atoms with Crippen LogP contribution in [0.2, 0.25) is 0 Å². The van der Waals surface area contributed by atoms with Crippen LogP contribution in [-0.2, 0) is 5.41 Å². The van der Waals surface area contributed by atoms with Gasteiger partial charge in [0.25, 0.3) is 0 Å². The second-order valence-electron chi connectivity index (χ2n) is 14.0. The molecule has 1 nitrogen and oxygen atoms in total. The molecule has 2 heteroatoms. The summed E-state index contributed by atoms with van der Waals surface area (Å²) in [6.45, 7) is 0. The van der Waals surface area contributed by atoms with E-state index in [9.17, 15) is 0 Å². The first-order chi connectivity index (χ1) is 25.3. The van der Waals surface area contributed by atoms with Gasteiger partial charge in [0.05, 0.1) is 11.1 Å². The molecule has 0 saturated carbocycles. The van der Waals surface area contributed by atoms with Crippen molar-refractivity contribution in [3.63, 3.8) is 0 Å². The van der Waals surface area contributed by atoms with Gasteiger partial charge >= 0.3 is 0 Å². The third-order valence-electron chi connectivity index (χ3n) is 11.6. The number of fused-ring (bicyclic) bond motifs is 8. The number of nitrogens with zero attached hydrogens (tertiary/aromatic N) is 1. The monoisotopic (exact) mass is 663 g/mol. The maximum atomic E-state index is 2.50. The molecule has 8 aromatic carbocycles. The van der Waals surface area contributed by atoms with Crippen molar-refractivity contribution in [3.05, 3.63) is 198 Å². The Labute approximate surface area is 300 Å². The summed E-state index contributed by atoms with van der Waals surface area (Å²) in [4.78, 5) is 2.41. The van der Waals surface area contributed by atoms with E-state index in [4.69, 9.17) is 0 Å². The van der Waals surface area contributed by atoms with Gasteiger partial charge in [-0.05, 0) is 115 Å². The van der Waals surface area contributed by atoms with E-state index in [2.05, 4.69) is 181 Å². The zero-order chi connectivity index (χ0) is 33.3. The van der Waals surface area contributed by atoms with Gasteiger partial charge < -0.3 is 4.90 Å². The normalized spacial score (nSPS) is 15.5. The highest BCUT2D eigenvalue weighted by molar-refractivity contribution is 7.26. The molecule has 0 amide bonds. The van der Waals surface area contributed by atoms with Crippen molar-refractivity contribution in [2.45, 2.75) is 5.41 Å². The smallest absolute Gasteiger partial charge is 0.0737 e. The zero-order valence-corrected chi connectivity index (χ0v) is 28.4. The Morgan fingerprint density at radius 3 is 1.75 bits per heavy atom. The average molecular weight is 664 g/mol. The van der Waals surface area contributed by atoms with Crippen LogP contribution < -0.4 is 4.90 Å². The number of hydrogen-bond acceptors (Lipinski definition) is 2. The Morgan fingerprint density at radius 2 is 0.961 bits per heavy atom. The highest BCUT2D eigenvalue weighted by atomic mass is 32.1. The Hall–Kier alpha value is -6.22. The number of benzene rings is 8. The van der Waals surface area contributed by atoms with Crippen LogP contribution in [0.3, 0.4) is 0 Å². The van der Waals surface area contributed by atoms with E-state index in [1.807, 2.05) is 11.3 Å². The van der Waals surface area contributed by atoms with Crippen LogP contribution in [0.15, 0.2) is 176 Å². The van der Waals surface area contributed by atoms with E-state index >= 15 is 0 Å². The van der Waals surface area contributed by atoms with E-state index in [1.54, 1.807) is 0 Å². The van der Waals surface area contributed by atoms with Gasteiger partial charge in [-0.2, -0.15) is 0 Å². The van der Waals surface area contributed by atoms with Crippen molar-refractivity contribution in [3.8, 4) is 44.5 Å². The molecule has 3 aliphatic carbocycles.